The monoisotopic (exact) mass is 487 g/mol. The lowest BCUT2D eigenvalue weighted by molar-refractivity contribution is 0.230. The van der Waals surface area contributed by atoms with E-state index in [4.69, 9.17) is 0 Å². The van der Waals surface area contributed by atoms with Gasteiger partial charge in [0.25, 0.3) is 0 Å². The van der Waals surface area contributed by atoms with E-state index < -0.39 is 5.41 Å². The molecule has 0 saturated heterocycles. The van der Waals surface area contributed by atoms with Gasteiger partial charge in [-0.05, 0) is 30.7 Å². The van der Waals surface area contributed by atoms with Gasteiger partial charge in [0.2, 0.25) is 5.95 Å². The number of benzene rings is 1. The summed E-state index contributed by atoms with van der Waals surface area (Å²) in [6.45, 7) is 2.85. The molecule has 36 heavy (non-hydrogen) atoms. The number of fused-ring (bicyclic) bond motifs is 1. The van der Waals surface area contributed by atoms with Crippen molar-refractivity contribution in [1.29, 1.82) is 0 Å². The molecule has 0 aliphatic rings. The van der Waals surface area contributed by atoms with Gasteiger partial charge in [0, 0.05) is 67.0 Å². The average Bonchev–Trinajstić information content (AvgIpc) is 3.53. The first-order valence-corrected chi connectivity index (χ1v) is 11.5. The van der Waals surface area contributed by atoms with E-state index in [-0.39, 0.29) is 12.4 Å². The lowest BCUT2D eigenvalue weighted by Gasteiger charge is -2.28. The summed E-state index contributed by atoms with van der Waals surface area (Å²) in [5.74, 6) is 0.864. The molecule has 3 N–H and O–H groups in total. The first kappa shape index (κ1) is 23.4. The van der Waals surface area contributed by atoms with Gasteiger partial charge in [-0.2, -0.15) is 10.2 Å². The minimum absolute atomic E-state index is 0.158. The van der Waals surface area contributed by atoms with Crippen molar-refractivity contribution in [3.05, 3.63) is 84.6 Å². The largest absolute Gasteiger partial charge is 0.395 e. The zero-order chi connectivity index (χ0) is 25.1. The number of nitrogens with zero attached hydrogens (tertiary/aromatic N) is 7. The van der Waals surface area contributed by atoms with E-state index in [1.165, 1.54) is 18.5 Å². The van der Waals surface area contributed by atoms with E-state index in [9.17, 15) is 9.50 Å². The lowest BCUT2D eigenvalue weighted by Crippen LogP contribution is -2.28. The van der Waals surface area contributed by atoms with Crippen LogP contribution in [-0.2, 0) is 12.5 Å². The Kier molecular flexibility index (Phi) is 6.30. The van der Waals surface area contributed by atoms with Crippen LogP contribution in [0.4, 0.5) is 16.2 Å². The first-order chi connectivity index (χ1) is 17.5. The number of aryl methyl sites for hydroxylation is 1. The Morgan fingerprint density at radius 3 is 2.36 bits per heavy atom. The van der Waals surface area contributed by atoms with Gasteiger partial charge in [0.15, 0.2) is 5.82 Å². The zero-order valence-corrected chi connectivity index (χ0v) is 19.9. The predicted molar refractivity (Wildman–Crippen MR) is 134 cm³/mol. The topological polar surface area (TPSA) is 118 Å². The predicted octanol–water partition coefficient (Wildman–Crippen LogP) is 2.88. The van der Waals surface area contributed by atoms with E-state index in [1.54, 1.807) is 33.7 Å². The van der Waals surface area contributed by atoms with E-state index in [0.29, 0.717) is 19.0 Å². The molecule has 0 aliphatic carbocycles. The number of anilines is 2. The molecule has 5 rings (SSSR count). The molecule has 11 heteroatoms. The van der Waals surface area contributed by atoms with Gasteiger partial charge in [0.05, 0.1) is 12.8 Å². The molecule has 0 radical (unpaired) electrons. The fraction of sp³-hybridized carbons (Fsp3) is 0.240. The highest BCUT2D eigenvalue weighted by atomic mass is 19.1. The average molecular weight is 488 g/mol. The highest BCUT2D eigenvalue weighted by Gasteiger charge is 2.29. The molecule has 0 fully saturated rings. The zero-order valence-electron chi connectivity index (χ0n) is 19.9. The number of aliphatic hydroxyl groups excluding tert-OH is 1. The molecule has 1 aromatic carbocycles. The fourth-order valence-electron chi connectivity index (χ4n) is 4.02. The molecule has 0 amide bonds. The summed E-state index contributed by atoms with van der Waals surface area (Å²) < 4.78 is 16.9. The Hall–Kier alpha value is -4.38. The van der Waals surface area contributed by atoms with Gasteiger partial charge in [-0.3, -0.25) is 4.68 Å². The summed E-state index contributed by atoms with van der Waals surface area (Å²) in [5, 5.41) is 25.1. The summed E-state index contributed by atoms with van der Waals surface area (Å²) in [6, 6.07) is 8.11. The quantitative estimate of drug-likeness (QED) is 0.272. The normalized spacial score (nSPS) is 13.0. The molecule has 0 bridgehead atoms. The van der Waals surface area contributed by atoms with Crippen molar-refractivity contribution in [1.82, 2.24) is 34.3 Å². The van der Waals surface area contributed by atoms with Crippen molar-refractivity contribution in [3.8, 4) is 11.1 Å². The summed E-state index contributed by atoms with van der Waals surface area (Å²) in [5.41, 5.74) is 3.66. The lowest BCUT2D eigenvalue weighted by atomic mass is 9.78. The van der Waals surface area contributed by atoms with Crippen LogP contribution >= 0.6 is 0 Å². The van der Waals surface area contributed by atoms with Gasteiger partial charge in [0.1, 0.15) is 17.7 Å². The second-order valence-electron chi connectivity index (χ2n) is 8.72. The number of rotatable bonds is 9. The van der Waals surface area contributed by atoms with Crippen LogP contribution in [0.2, 0.25) is 0 Å². The van der Waals surface area contributed by atoms with E-state index >= 15 is 0 Å². The minimum Gasteiger partial charge on any atom is -0.395 e. The Labute approximate surface area is 206 Å². The number of hydrogen-bond acceptors (Lipinski definition) is 8. The van der Waals surface area contributed by atoms with Crippen molar-refractivity contribution >= 4 is 17.3 Å². The Bertz CT molecular complexity index is 1460. The van der Waals surface area contributed by atoms with Crippen LogP contribution in [0.3, 0.4) is 0 Å². The Morgan fingerprint density at radius 1 is 0.917 bits per heavy atom. The molecule has 5 aromatic rings. The Morgan fingerprint density at radius 2 is 1.67 bits per heavy atom. The van der Waals surface area contributed by atoms with Crippen molar-refractivity contribution in [2.45, 2.75) is 12.3 Å². The summed E-state index contributed by atoms with van der Waals surface area (Å²) in [4.78, 5) is 13.2. The summed E-state index contributed by atoms with van der Waals surface area (Å²) >= 11 is 0. The van der Waals surface area contributed by atoms with Crippen LogP contribution in [-0.4, -0.2) is 59.1 Å². The molecular formula is C25H26FN9O. The maximum absolute atomic E-state index is 13.3. The van der Waals surface area contributed by atoms with Crippen LogP contribution in [0.1, 0.15) is 18.1 Å². The van der Waals surface area contributed by atoms with Crippen LogP contribution in [0, 0.1) is 5.82 Å². The maximum Gasteiger partial charge on any atom is 0.222 e. The molecular weight excluding hydrogens is 461 g/mol. The summed E-state index contributed by atoms with van der Waals surface area (Å²) in [6.07, 6.45) is 10.6. The van der Waals surface area contributed by atoms with Gasteiger partial charge in [-0.15, -0.1) is 0 Å². The van der Waals surface area contributed by atoms with Gasteiger partial charge < -0.3 is 15.7 Å². The Balaban J connectivity index is 1.21. The highest BCUT2D eigenvalue weighted by molar-refractivity contribution is 5.76. The molecule has 0 unspecified atom stereocenters. The van der Waals surface area contributed by atoms with E-state index in [1.807, 2.05) is 38.6 Å². The van der Waals surface area contributed by atoms with Gasteiger partial charge in [-0.1, -0.05) is 12.1 Å². The van der Waals surface area contributed by atoms with Gasteiger partial charge in [-0.25, -0.2) is 23.9 Å². The molecule has 184 valence electrons. The van der Waals surface area contributed by atoms with E-state index in [0.717, 1.165) is 33.6 Å². The van der Waals surface area contributed by atoms with Crippen molar-refractivity contribution in [2.75, 3.05) is 30.3 Å². The fourth-order valence-corrected chi connectivity index (χ4v) is 4.02. The van der Waals surface area contributed by atoms with Crippen molar-refractivity contribution < 1.29 is 9.50 Å². The van der Waals surface area contributed by atoms with Crippen molar-refractivity contribution in [2.24, 2.45) is 7.05 Å². The molecule has 4 heterocycles. The molecule has 0 spiro atoms. The second kappa shape index (κ2) is 9.70. The second-order valence-corrected chi connectivity index (χ2v) is 8.72. The highest BCUT2D eigenvalue weighted by Crippen LogP contribution is 2.31. The number of aromatic nitrogens is 7. The number of hydrogen-bond donors (Lipinski definition) is 3. The third-order valence-corrected chi connectivity index (χ3v) is 6.23. The first-order valence-electron chi connectivity index (χ1n) is 11.5. The SMILES string of the molecule is Cn1cc(-c2cc3c(NCCNc4ncc([C@@](C)(CO)c5ccc(F)cc5)cn4)ncnn3c2)cn1. The molecule has 10 nitrogen and oxygen atoms in total. The smallest absolute Gasteiger partial charge is 0.222 e. The van der Waals surface area contributed by atoms with Crippen LogP contribution in [0.15, 0.2) is 67.6 Å². The maximum atomic E-state index is 13.3. The van der Waals surface area contributed by atoms with Gasteiger partial charge >= 0.3 is 0 Å². The molecule has 1 atom stereocenters. The number of aliphatic hydroxyl groups is 1. The standard InChI is InChI=1S/C25H26FN9O/c1-25(15-36,19-3-5-21(26)6-4-19)20-11-29-24(30-12-20)28-8-7-27-23-22-9-17(14-35(22)33-16-31-23)18-10-32-34(2)13-18/h3-6,9-14,16,36H,7-8,15H2,1-2H3,(H,27,31,33)(H,28,29,30)/t25-/m0/s1. The van der Waals surface area contributed by atoms with Crippen LogP contribution in [0.5, 0.6) is 0 Å². The van der Waals surface area contributed by atoms with Crippen molar-refractivity contribution in [3.63, 3.8) is 0 Å². The third kappa shape index (κ3) is 4.60. The summed E-state index contributed by atoms with van der Waals surface area (Å²) in [7, 11) is 1.88. The van der Waals surface area contributed by atoms with Crippen LogP contribution in [0.25, 0.3) is 16.6 Å². The molecule has 0 saturated carbocycles. The minimum atomic E-state index is -0.738. The third-order valence-electron chi connectivity index (χ3n) is 6.23. The van der Waals surface area contributed by atoms with Crippen LogP contribution < -0.4 is 10.6 Å². The molecule has 4 aromatic heterocycles. The number of nitrogens with one attached hydrogen (secondary N) is 2. The van der Waals surface area contributed by atoms with E-state index in [2.05, 4.69) is 35.8 Å². The number of halogens is 1. The molecule has 0 aliphatic heterocycles.